The summed E-state index contributed by atoms with van der Waals surface area (Å²) >= 11 is 0. The molecule has 1 aromatic rings. The van der Waals surface area contributed by atoms with Gasteiger partial charge in [0.1, 0.15) is 5.69 Å². The summed E-state index contributed by atoms with van der Waals surface area (Å²) in [5, 5.41) is 0. The summed E-state index contributed by atoms with van der Waals surface area (Å²) < 4.78 is 0. The SMILES string of the molecule is C=CC(=O)c1ccc(C(=O)N(C)C)cn1. The molecule has 78 valence electrons. The van der Waals surface area contributed by atoms with Crippen molar-refractivity contribution in [2.24, 2.45) is 0 Å². The second-order valence-corrected chi connectivity index (χ2v) is 3.20. The van der Waals surface area contributed by atoms with Crippen LogP contribution < -0.4 is 0 Å². The van der Waals surface area contributed by atoms with Crippen molar-refractivity contribution < 1.29 is 9.59 Å². The molecule has 0 aliphatic rings. The Morgan fingerprint density at radius 2 is 2.07 bits per heavy atom. The first kappa shape index (κ1) is 11.1. The zero-order chi connectivity index (χ0) is 11.4. The van der Waals surface area contributed by atoms with Crippen LogP contribution in [-0.2, 0) is 0 Å². The van der Waals surface area contributed by atoms with Crippen molar-refractivity contribution in [1.82, 2.24) is 9.88 Å². The second kappa shape index (κ2) is 4.50. The number of allylic oxidation sites excluding steroid dienone is 1. The molecule has 0 unspecified atom stereocenters. The Labute approximate surface area is 88.2 Å². The van der Waals surface area contributed by atoms with Crippen LogP contribution in [0.1, 0.15) is 20.8 Å². The van der Waals surface area contributed by atoms with Crippen molar-refractivity contribution in [2.75, 3.05) is 14.1 Å². The van der Waals surface area contributed by atoms with Gasteiger partial charge in [-0.3, -0.25) is 14.6 Å². The highest BCUT2D eigenvalue weighted by Gasteiger charge is 2.09. The molecule has 1 amide bonds. The average molecular weight is 204 g/mol. The molecule has 0 aliphatic carbocycles. The summed E-state index contributed by atoms with van der Waals surface area (Å²) in [6.07, 6.45) is 2.58. The molecule has 0 N–H and O–H groups in total. The number of aromatic nitrogens is 1. The number of carbonyl (C=O) groups excluding carboxylic acids is 2. The molecule has 0 aliphatic heterocycles. The van der Waals surface area contributed by atoms with Gasteiger partial charge in [0.15, 0.2) is 0 Å². The van der Waals surface area contributed by atoms with Gasteiger partial charge >= 0.3 is 0 Å². The topological polar surface area (TPSA) is 50.3 Å². The van der Waals surface area contributed by atoms with Crippen LogP contribution >= 0.6 is 0 Å². The van der Waals surface area contributed by atoms with E-state index in [1.165, 1.54) is 23.2 Å². The Morgan fingerprint density at radius 3 is 2.47 bits per heavy atom. The molecule has 0 bridgehead atoms. The van der Waals surface area contributed by atoms with Crippen LogP contribution in [0.2, 0.25) is 0 Å². The predicted molar refractivity (Wildman–Crippen MR) is 56.8 cm³/mol. The lowest BCUT2D eigenvalue weighted by atomic mass is 10.2. The molecule has 1 heterocycles. The molecule has 0 saturated heterocycles. The Kier molecular flexibility index (Phi) is 3.33. The third-order valence-corrected chi connectivity index (χ3v) is 1.85. The van der Waals surface area contributed by atoms with E-state index in [0.717, 1.165) is 0 Å². The molecule has 0 radical (unpaired) electrons. The van der Waals surface area contributed by atoms with E-state index < -0.39 is 0 Å². The standard InChI is InChI=1S/C11H12N2O2/c1-4-10(14)9-6-5-8(7-12-9)11(15)13(2)3/h4-7H,1H2,2-3H3. The van der Waals surface area contributed by atoms with Gasteiger partial charge in [-0.2, -0.15) is 0 Å². The molecule has 0 spiro atoms. The zero-order valence-electron chi connectivity index (χ0n) is 8.73. The van der Waals surface area contributed by atoms with Gasteiger partial charge in [0.25, 0.3) is 5.91 Å². The lowest BCUT2D eigenvalue weighted by molar-refractivity contribution is 0.0826. The number of rotatable bonds is 3. The van der Waals surface area contributed by atoms with Gasteiger partial charge in [0.2, 0.25) is 5.78 Å². The molecule has 4 heteroatoms. The van der Waals surface area contributed by atoms with Gasteiger partial charge in [-0.1, -0.05) is 6.58 Å². The first-order chi connectivity index (χ1) is 7.06. The van der Waals surface area contributed by atoms with E-state index in [0.29, 0.717) is 11.3 Å². The fourth-order valence-corrected chi connectivity index (χ4v) is 1.03. The summed E-state index contributed by atoms with van der Waals surface area (Å²) in [5.74, 6) is -0.390. The number of pyridine rings is 1. The van der Waals surface area contributed by atoms with E-state index in [9.17, 15) is 9.59 Å². The number of carbonyl (C=O) groups is 2. The number of nitrogens with zero attached hydrogens (tertiary/aromatic N) is 2. The summed E-state index contributed by atoms with van der Waals surface area (Å²) in [6, 6.07) is 3.09. The van der Waals surface area contributed by atoms with Crippen LogP contribution in [0.25, 0.3) is 0 Å². The highest BCUT2D eigenvalue weighted by Crippen LogP contribution is 2.03. The molecule has 0 fully saturated rings. The van der Waals surface area contributed by atoms with Crippen LogP contribution in [0.4, 0.5) is 0 Å². The van der Waals surface area contributed by atoms with Crippen molar-refractivity contribution in [3.63, 3.8) is 0 Å². The Morgan fingerprint density at radius 1 is 1.40 bits per heavy atom. The van der Waals surface area contributed by atoms with Crippen molar-refractivity contribution in [3.05, 3.63) is 42.2 Å². The maximum Gasteiger partial charge on any atom is 0.254 e. The quantitative estimate of drug-likeness (QED) is 0.548. The Bertz CT molecular complexity index is 394. The fraction of sp³-hybridized carbons (Fsp3) is 0.182. The molecular formula is C11H12N2O2. The van der Waals surface area contributed by atoms with E-state index in [1.807, 2.05) is 0 Å². The fourth-order valence-electron chi connectivity index (χ4n) is 1.03. The maximum atomic E-state index is 11.5. The van der Waals surface area contributed by atoms with Crippen molar-refractivity contribution in [1.29, 1.82) is 0 Å². The first-order valence-corrected chi connectivity index (χ1v) is 4.40. The molecule has 1 rings (SSSR count). The lowest BCUT2D eigenvalue weighted by Gasteiger charge is -2.09. The average Bonchev–Trinajstić information content (AvgIpc) is 2.27. The third-order valence-electron chi connectivity index (χ3n) is 1.85. The lowest BCUT2D eigenvalue weighted by Crippen LogP contribution is -2.21. The molecule has 0 saturated carbocycles. The number of hydrogen-bond donors (Lipinski definition) is 0. The normalized spacial score (nSPS) is 9.47. The zero-order valence-corrected chi connectivity index (χ0v) is 8.73. The summed E-state index contributed by atoms with van der Waals surface area (Å²) in [6.45, 7) is 3.36. The highest BCUT2D eigenvalue weighted by molar-refractivity contribution is 6.03. The van der Waals surface area contributed by atoms with E-state index in [-0.39, 0.29) is 11.7 Å². The summed E-state index contributed by atoms with van der Waals surface area (Å²) in [7, 11) is 3.32. The van der Waals surface area contributed by atoms with Crippen molar-refractivity contribution >= 4 is 11.7 Å². The minimum absolute atomic E-state index is 0.139. The van der Waals surface area contributed by atoms with E-state index in [4.69, 9.17) is 0 Å². The smallest absolute Gasteiger partial charge is 0.254 e. The molecule has 0 aromatic carbocycles. The summed E-state index contributed by atoms with van der Waals surface area (Å²) in [4.78, 5) is 28.0. The van der Waals surface area contributed by atoms with E-state index in [1.54, 1.807) is 20.2 Å². The van der Waals surface area contributed by atoms with Crippen LogP contribution in [0.3, 0.4) is 0 Å². The van der Waals surface area contributed by atoms with Gasteiger partial charge in [0, 0.05) is 20.3 Å². The van der Waals surface area contributed by atoms with Crippen LogP contribution in [0.15, 0.2) is 31.0 Å². The van der Waals surface area contributed by atoms with Crippen molar-refractivity contribution in [3.8, 4) is 0 Å². The van der Waals surface area contributed by atoms with Gasteiger partial charge in [0.05, 0.1) is 5.56 Å². The number of ketones is 1. The van der Waals surface area contributed by atoms with Crippen LogP contribution in [-0.4, -0.2) is 35.7 Å². The van der Waals surface area contributed by atoms with E-state index in [2.05, 4.69) is 11.6 Å². The predicted octanol–water partition coefficient (Wildman–Crippen LogP) is 1.15. The number of hydrogen-bond acceptors (Lipinski definition) is 3. The largest absolute Gasteiger partial charge is 0.345 e. The van der Waals surface area contributed by atoms with Crippen LogP contribution in [0.5, 0.6) is 0 Å². The third kappa shape index (κ3) is 2.49. The highest BCUT2D eigenvalue weighted by atomic mass is 16.2. The molecule has 1 aromatic heterocycles. The Hall–Kier alpha value is -1.97. The monoisotopic (exact) mass is 204 g/mol. The van der Waals surface area contributed by atoms with Crippen LogP contribution in [0, 0.1) is 0 Å². The molecule has 0 atom stereocenters. The molecule has 4 nitrogen and oxygen atoms in total. The van der Waals surface area contributed by atoms with E-state index >= 15 is 0 Å². The maximum absolute atomic E-state index is 11.5. The molecule has 15 heavy (non-hydrogen) atoms. The van der Waals surface area contributed by atoms with Gasteiger partial charge < -0.3 is 4.90 Å². The van der Waals surface area contributed by atoms with Gasteiger partial charge in [-0.05, 0) is 18.2 Å². The summed E-state index contributed by atoms with van der Waals surface area (Å²) in [5.41, 5.74) is 0.751. The minimum atomic E-state index is -0.251. The molecular weight excluding hydrogens is 192 g/mol. The van der Waals surface area contributed by atoms with Gasteiger partial charge in [-0.15, -0.1) is 0 Å². The minimum Gasteiger partial charge on any atom is -0.345 e. The van der Waals surface area contributed by atoms with Gasteiger partial charge in [-0.25, -0.2) is 0 Å². The second-order valence-electron chi connectivity index (χ2n) is 3.20. The number of amides is 1. The Balaban J connectivity index is 2.95. The van der Waals surface area contributed by atoms with Crippen molar-refractivity contribution in [2.45, 2.75) is 0 Å². The first-order valence-electron chi connectivity index (χ1n) is 4.40.